The first-order chi connectivity index (χ1) is 11.7. The molecule has 0 aromatic carbocycles. The van der Waals surface area contributed by atoms with E-state index in [0.29, 0.717) is 17.0 Å². The molecule has 134 valence electrons. The number of H-pyrrole nitrogens is 1. The van der Waals surface area contributed by atoms with Crippen molar-refractivity contribution in [2.45, 2.75) is 45.9 Å². The summed E-state index contributed by atoms with van der Waals surface area (Å²) >= 11 is 2.86. The van der Waals surface area contributed by atoms with E-state index in [0.717, 1.165) is 15.3 Å². The van der Waals surface area contributed by atoms with Crippen LogP contribution in [0.4, 0.5) is 0 Å². The SMILES string of the molecule is Cc1sc2nc(CSCC(=O)N[C@](C)(C#N)C(C)C)[nH]c(=O)c2c1C. The zero-order valence-electron chi connectivity index (χ0n) is 15.0. The van der Waals surface area contributed by atoms with Crippen LogP contribution in [0.25, 0.3) is 10.2 Å². The van der Waals surface area contributed by atoms with Gasteiger partial charge in [-0.1, -0.05) is 13.8 Å². The largest absolute Gasteiger partial charge is 0.337 e. The Kier molecular flexibility index (Phi) is 5.91. The first-order valence-electron chi connectivity index (χ1n) is 7.97. The monoisotopic (exact) mass is 378 g/mol. The highest BCUT2D eigenvalue weighted by Gasteiger charge is 2.29. The maximum Gasteiger partial charge on any atom is 0.259 e. The zero-order chi connectivity index (χ0) is 18.8. The van der Waals surface area contributed by atoms with E-state index in [4.69, 9.17) is 0 Å². The third-order valence-electron chi connectivity index (χ3n) is 4.35. The predicted octanol–water partition coefficient (Wildman–Crippen LogP) is 2.89. The molecule has 8 heteroatoms. The number of hydrogen-bond donors (Lipinski definition) is 2. The van der Waals surface area contributed by atoms with Gasteiger partial charge in [0.15, 0.2) is 0 Å². The fraction of sp³-hybridized carbons (Fsp3) is 0.529. The van der Waals surface area contributed by atoms with E-state index in [1.54, 1.807) is 6.92 Å². The van der Waals surface area contributed by atoms with E-state index in [1.807, 2.05) is 27.7 Å². The molecule has 0 aliphatic carbocycles. The summed E-state index contributed by atoms with van der Waals surface area (Å²) in [6.45, 7) is 9.40. The van der Waals surface area contributed by atoms with Gasteiger partial charge in [-0.25, -0.2) is 4.98 Å². The first-order valence-corrected chi connectivity index (χ1v) is 9.94. The topological polar surface area (TPSA) is 98.6 Å². The molecule has 1 amide bonds. The van der Waals surface area contributed by atoms with Crippen LogP contribution in [-0.4, -0.2) is 27.2 Å². The number of aromatic amines is 1. The van der Waals surface area contributed by atoms with Gasteiger partial charge in [-0.3, -0.25) is 9.59 Å². The Morgan fingerprint density at radius 3 is 2.76 bits per heavy atom. The van der Waals surface area contributed by atoms with Gasteiger partial charge in [0.2, 0.25) is 5.91 Å². The highest BCUT2D eigenvalue weighted by atomic mass is 32.2. The van der Waals surface area contributed by atoms with Crippen LogP contribution in [0.3, 0.4) is 0 Å². The molecule has 0 aliphatic heterocycles. The number of carbonyl (C=O) groups excluding carboxylic acids is 1. The van der Waals surface area contributed by atoms with Gasteiger partial charge in [0, 0.05) is 4.88 Å². The van der Waals surface area contributed by atoms with Gasteiger partial charge >= 0.3 is 0 Å². The second-order valence-corrected chi connectivity index (χ2v) is 8.67. The highest BCUT2D eigenvalue weighted by Crippen LogP contribution is 2.26. The minimum Gasteiger partial charge on any atom is -0.337 e. The Bertz CT molecular complexity index is 894. The van der Waals surface area contributed by atoms with Crippen molar-refractivity contribution < 1.29 is 4.79 Å². The number of rotatable bonds is 6. The number of aryl methyl sites for hydroxylation is 2. The van der Waals surface area contributed by atoms with E-state index in [1.165, 1.54) is 23.1 Å². The van der Waals surface area contributed by atoms with Crippen LogP contribution >= 0.6 is 23.1 Å². The molecule has 0 saturated heterocycles. The lowest BCUT2D eigenvalue weighted by Gasteiger charge is -2.27. The number of amides is 1. The van der Waals surface area contributed by atoms with Crippen molar-refractivity contribution in [3.63, 3.8) is 0 Å². The van der Waals surface area contributed by atoms with E-state index in [-0.39, 0.29) is 23.1 Å². The Morgan fingerprint density at radius 2 is 2.16 bits per heavy atom. The van der Waals surface area contributed by atoms with Crippen LogP contribution in [0.15, 0.2) is 4.79 Å². The fourth-order valence-electron chi connectivity index (χ4n) is 2.24. The normalized spacial score (nSPS) is 13.6. The molecule has 2 rings (SSSR count). The lowest BCUT2D eigenvalue weighted by Crippen LogP contribution is -2.49. The summed E-state index contributed by atoms with van der Waals surface area (Å²) in [5.41, 5.74) is -0.0460. The quantitative estimate of drug-likeness (QED) is 0.805. The van der Waals surface area contributed by atoms with Crippen molar-refractivity contribution >= 4 is 39.2 Å². The molecule has 0 bridgehead atoms. The number of thiophene rings is 1. The van der Waals surface area contributed by atoms with Crippen molar-refractivity contribution in [3.05, 3.63) is 26.6 Å². The van der Waals surface area contributed by atoms with Crippen molar-refractivity contribution in [3.8, 4) is 6.07 Å². The van der Waals surface area contributed by atoms with Crippen molar-refractivity contribution in [2.75, 3.05) is 5.75 Å². The number of nitrogens with zero attached hydrogens (tertiary/aromatic N) is 2. The van der Waals surface area contributed by atoms with Crippen LogP contribution in [0.5, 0.6) is 0 Å². The van der Waals surface area contributed by atoms with E-state index < -0.39 is 5.54 Å². The highest BCUT2D eigenvalue weighted by molar-refractivity contribution is 7.99. The lowest BCUT2D eigenvalue weighted by molar-refractivity contribution is -0.120. The predicted molar refractivity (Wildman–Crippen MR) is 103 cm³/mol. The van der Waals surface area contributed by atoms with Gasteiger partial charge in [0.05, 0.1) is 23.0 Å². The van der Waals surface area contributed by atoms with Gasteiger partial charge in [0.1, 0.15) is 16.2 Å². The summed E-state index contributed by atoms with van der Waals surface area (Å²) < 4.78 is 0. The van der Waals surface area contributed by atoms with Crippen molar-refractivity contribution in [1.82, 2.24) is 15.3 Å². The number of nitrogens with one attached hydrogen (secondary N) is 2. The summed E-state index contributed by atoms with van der Waals surface area (Å²) in [6, 6.07) is 2.15. The van der Waals surface area contributed by atoms with Crippen molar-refractivity contribution in [1.29, 1.82) is 5.26 Å². The number of nitriles is 1. The Morgan fingerprint density at radius 1 is 1.48 bits per heavy atom. The third kappa shape index (κ3) is 4.22. The maximum atomic E-state index is 12.2. The molecule has 2 aromatic rings. The van der Waals surface area contributed by atoms with E-state index in [2.05, 4.69) is 21.4 Å². The van der Waals surface area contributed by atoms with Gasteiger partial charge in [-0.2, -0.15) is 5.26 Å². The summed E-state index contributed by atoms with van der Waals surface area (Å²) in [6.07, 6.45) is 0. The molecular weight excluding hydrogens is 356 g/mol. The second kappa shape index (κ2) is 7.58. The average molecular weight is 379 g/mol. The average Bonchev–Trinajstić information content (AvgIpc) is 2.81. The number of hydrogen-bond acceptors (Lipinski definition) is 6. The summed E-state index contributed by atoms with van der Waals surface area (Å²) in [5.74, 6) is 1.00. The molecule has 1 atom stereocenters. The van der Waals surface area contributed by atoms with Crippen LogP contribution < -0.4 is 10.9 Å². The first kappa shape index (κ1) is 19.5. The second-order valence-electron chi connectivity index (χ2n) is 6.49. The molecule has 0 radical (unpaired) electrons. The van der Waals surface area contributed by atoms with Gasteiger partial charge in [-0.05, 0) is 32.3 Å². The number of aromatic nitrogens is 2. The lowest BCUT2D eigenvalue weighted by atomic mass is 9.90. The van der Waals surface area contributed by atoms with Crippen LogP contribution in [0.1, 0.15) is 37.0 Å². The molecule has 0 spiro atoms. The zero-order valence-corrected chi connectivity index (χ0v) is 16.7. The molecule has 25 heavy (non-hydrogen) atoms. The van der Waals surface area contributed by atoms with Crippen LogP contribution in [0, 0.1) is 31.1 Å². The summed E-state index contributed by atoms with van der Waals surface area (Å²) in [7, 11) is 0. The van der Waals surface area contributed by atoms with E-state index in [9.17, 15) is 14.9 Å². The Hall–Kier alpha value is -1.85. The summed E-state index contributed by atoms with van der Waals surface area (Å²) in [5, 5.41) is 12.7. The molecule has 0 unspecified atom stereocenters. The molecule has 6 nitrogen and oxygen atoms in total. The Labute approximate surface area is 155 Å². The van der Waals surface area contributed by atoms with Gasteiger partial charge < -0.3 is 10.3 Å². The van der Waals surface area contributed by atoms with Crippen molar-refractivity contribution in [2.24, 2.45) is 5.92 Å². The van der Waals surface area contributed by atoms with Gasteiger partial charge in [0.25, 0.3) is 5.56 Å². The number of thioether (sulfide) groups is 1. The Balaban J connectivity index is 2.01. The number of fused-ring (bicyclic) bond motifs is 1. The minimum atomic E-state index is -0.880. The maximum absolute atomic E-state index is 12.2. The fourth-order valence-corrected chi connectivity index (χ4v) is 3.97. The summed E-state index contributed by atoms with van der Waals surface area (Å²) in [4.78, 5) is 33.4. The molecular formula is C17H22N4O2S2. The standard InChI is InChI=1S/C17H22N4O2S2/c1-9(2)17(5,8-18)21-13(22)7-24-6-12-19-15(23)14-10(3)11(4)25-16(14)20-12/h9H,6-7H2,1-5H3,(H,21,22)(H,19,20,23)/t17-/m1/s1. The molecule has 0 aliphatic rings. The molecule has 2 N–H and O–H groups in total. The van der Waals surface area contributed by atoms with E-state index >= 15 is 0 Å². The molecule has 2 aromatic heterocycles. The van der Waals surface area contributed by atoms with Crippen LogP contribution in [0.2, 0.25) is 0 Å². The molecule has 0 saturated carbocycles. The minimum absolute atomic E-state index is 0.0113. The van der Waals surface area contributed by atoms with Gasteiger partial charge in [-0.15, -0.1) is 23.1 Å². The third-order valence-corrected chi connectivity index (χ3v) is 6.39. The number of carbonyl (C=O) groups is 1. The smallest absolute Gasteiger partial charge is 0.259 e. The molecule has 2 heterocycles. The van der Waals surface area contributed by atoms with Crippen LogP contribution in [-0.2, 0) is 10.5 Å². The molecule has 0 fully saturated rings.